The van der Waals surface area contributed by atoms with Crippen LogP contribution in [0.1, 0.15) is 32.4 Å². The molecular weight excluding hydrogens is 217 g/mol. The van der Waals surface area contributed by atoms with Gasteiger partial charge in [-0.15, -0.1) is 0 Å². The van der Waals surface area contributed by atoms with Gasteiger partial charge in [-0.25, -0.2) is 4.39 Å². The van der Waals surface area contributed by atoms with Gasteiger partial charge in [0.15, 0.2) is 0 Å². The van der Waals surface area contributed by atoms with Crippen LogP contribution in [0.25, 0.3) is 0 Å². The van der Waals surface area contributed by atoms with Gasteiger partial charge in [0.1, 0.15) is 5.82 Å². The molecule has 0 fully saturated rings. The lowest BCUT2D eigenvalue weighted by molar-refractivity contribution is 0.0333. The monoisotopic (exact) mass is 239 g/mol. The van der Waals surface area contributed by atoms with E-state index < -0.39 is 0 Å². The number of hydrogen-bond acceptors (Lipinski definition) is 2. The van der Waals surface area contributed by atoms with Crippen molar-refractivity contribution < 1.29 is 9.13 Å². The maximum Gasteiger partial charge on any atom is 0.129 e. The molecule has 0 aliphatic rings. The highest BCUT2D eigenvalue weighted by Crippen LogP contribution is 2.20. The number of nitrogens with one attached hydrogen (secondary N) is 1. The lowest BCUT2D eigenvalue weighted by atomic mass is 10.1. The number of ether oxygens (including phenoxy) is 1. The summed E-state index contributed by atoms with van der Waals surface area (Å²) in [7, 11) is 0. The van der Waals surface area contributed by atoms with E-state index in [4.69, 9.17) is 4.74 Å². The van der Waals surface area contributed by atoms with Crippen LogP contribution >= 0.6 is 0 Å². The standard InChI is InChI=1S/C14H22FNO/c1-4-16-9-14(17-10-11(2)3)12-7-5-6-8-13(12)15/h5-8,11,14,16H,4,9-10H2,1-3H3. The van der Waals surface area contributed by atoms with Crippen LogP contribution in [0.5, 0.6) is 0 Å². The van der Waals surface area contributed by atoms with Gasteiger partial charge in [0, 0.05) is 18.7 Å². The molecular formula is C14H22FNO. The van der Waals surface area contributed by atoms with Crippen molar-refractivity contribution >= 4 is 0 Å². The highest BCUT2D eigenvalue weighted by atomic mass is 19.1. The molecule has 1 rings (SSSR count). The first kappa shape index (κ1) is 14.1. The number of halogens is 1. The number of hydrogen-bond donors (Lipinski definition) is 1. The van der Waals surface area contributed by atoms with Crippen LogP contribution in [-0.4, -0.2) is 19.7 Å². The maximum absolute atomic E-state index is 13.7. The first-order valence-electron chi connectivity index (χ1n) is 6.21. The molecule has 0 radical (unpaired) electrons. The molecule has 0 saturated heterocycles. The Balaban J connectivity index is 2.71. The molecule has 0 amide bonds. The molecule has 0 aliphatic heterocycles. The van der Waals surface area contributed by atoms with E-state index in [0.29, 0.717) is 24.6 Å². The molecule has 1 atom stereocenters. The molecule has 96 valence electrons. The van der Waals surface area contributed by atoms with Crippen LogP contribution in [0.4, 0.5) is 4.39 Å². The Morgan fingerprint density at radius 1 is 1.29 bits per heavy atom. The summed E-state index contributed by atoms with van der Waals surface area (Å²) in [5, 5.41) is 3.21. The van der Waals surface area contributed by atoms with Crippen molar-refractivity contribution in [3.8, 4) is 0 Å². The van der Waals surface area contributed by atoms with E-state index >= 15 is 0 Å². The Bertz CT molecular complexity index is 328. The first-order chi connectivity index (χ1) is 8.15. The van der Waals surface area contributed by atoms with Gasteiger partial charge >= 0.3 is 0 Å². The molecule has 17 heavy (non-hydrogen) atoms. The molecule has 1 N–H and O–H groups in total. The molecule has 0 saturated carbocycles. The second-order valence-electron chi connectivity index (χ2n) is 4.55. The molecule has 1 aromatic rings. The van der Waals surface area contributed by atoms with Crippen LogP contribution in [0.15, 0.2) is 24.3 Å². The summed E-state index contributed by atoms with van der Waals surface area (Å²) in [6.45, 7) is 8.35. The lowest BCUT2D eigenvalue weighted by Gasteiger charge is -2.20. The Labute approximate surface area is 103 Å². The van der Waals surface area contributed by atoms with Crippen LogP contribution < -0.4 is 5.32 Å². The van der Waals surface area contributed by atoms with E-state index in [1.54, 1.807) is 12.1 Å². The van der Waals surface area contributed by atoms with Gasteiger partial charge in [-0.2, -0.15) is 0 Å². The van der Waals surface area contributed by atoms with Crippen LogP contribution in [0.2, 0.25) is 0 Å². The van der Waals surface area contributed by atoms with Crippen molar-refractivity contribution in [1.29, 1.82) is 0 Å². The van der Waals surface area contributed by atoms with Gasteiger partial charge < -0.3 is 10.1 Å². The Kier molecular flexibility index (Phi) is 6.16. The quantitative estimate of drug-likeness (QED) is 0.789. The van der Waals surface area contributed by atoms with E-state index in [1.807, 2.05) is 13.0 Å². The van der Waals surface area contributed by atoms with Gasteiger partial charge in [-0.05, 0) is 18.5 Å². The van der Waals surface area contributed by atoms with Gasteiger partial charge in [0.2, 0.25) is 0 Å². The van der Waals surface area contributed by atoms with Crippen molar-refractivity contribution in [2.75, 3.05) is 19.7 Å². The van der Waals surface area contributed by atoms with E-state index in [-0.39, 0.29) is 11.9 Å². The lowest BCUT2D eigenvalue weighted by Crippen LogP contribution is -2.24. The minimum absolute atomic E-state index is 0.195. The third kappa shape index (κ3) is 4.84. The average molecular weight is 239 g/mol. The number of benzene rings is 1. The fourth-order valence-electron chi connectivity index (χ4n) is 1.58. The molecule has 0 aliphatic carbocycles. The van der Waals surface area contributed by atoms with Crippen molar-refractivity contribution in [1.82, 2.24) is 5.32 Å². The third-order valence-electron chi connectivity index (χ3n) is 2.46. The molecule has 1 aromatic carbocycles. The Hall–Kier alpha value is -0.930. The Morgan fingerprint density at radius 3 is 2.59 bits per heavy atom. The van der Waals surface area contributed by atoms with E-state index in [0.717, 1.165) is 6.54 Å². The number of rotatable bonds is 7. The van der Waals surface area contributed by atoms with Crippen LogP contribution in [0, 0.1) is 11.7 Å². The number of likely N-dealkylation sites (N-methyl/N-ethyl adjacent to an activating group) is 1. The van der Waals surface area contributed by atoms with Crippen molar-refractivity contribution in [3.05, 3.63) is 35.6 Å². The van der Waals surface area contributed by atoms with Crippen LogP contribution in [-0.2, 0) is 4.74 Å². The van der Waals surface area contributed by atoms with Crippen molar-refractivity contribution in [2.45, 2.75) is 26.9 Å². The van der Waals surface area contributed by atoms with E-state index in [9.17, 15) is 4.39 Å². The van der Waals surface area contributed by atoms with E-state index in [2.05, 4.69) is 19.2 Å². The molecule has 3 heteroatoms. The topological polar surface area (TPSA) is 21.3 Å². The van der Waals surface area contributed by atoms with Crippen molar-refractivity contribution in [2.24, 2.45) is 5.92 Å². The third-order valence-corrected chi connectivity index (χ3v) is 2.46. The predicted molar refractivity (Wildman–Crippen MR) is 68.5 cm³/mol. The zero-order valence-electron chi connectivity index (χ0n) is 10.9. The fraction of sp³-hybridized carbons (Fsp3) is 0.571. The molecule has 0 aromatic heterocycles. The molecule has 0 spiro atoms. The SMILES string of the molecule is CCNCC(OCC(C)C)c1ccccc1F. The fourth-order valence-corrected chi connectivity index (χ4v) is 1.58. The minimum atomic E-state index is -0.210. The normalized spacial score (nSPS) is 13.0. The summed E-state index contributed by atoms with van der Waals surface area (Å²) in [4.78, 5) is 0. The van der Waals surface area contributed by atoms with Crippen molar-refractivity contribution in [3.63, 3.8) is 0 Å². The smallest absolute Gasteiger partial charge is 0.129 e. The maximum atomic E-state index is 13.7. The highest BCUT2D eigenvalue weighted by molar-refractivity contribution is 5.20. The van der Waals surface area contributed by atoms with Gasteiger partial charge in [0.05, 0.1) is 6.10 Å². The first-order valence-corrected chi connectivity index (χ1v) is 6.21. The summed E-state index contributed by atoms with van der Waals surface area (Å²) in [6.07, 6.45) is -0.210. The van der Waals surface area contributed by atoms with Gasteiger partial charge in [-0.3, -0.25) is 0 Å². The summed E-state index contributed by atoms with van der Waals surface area (Å²) in [5.74, 6) is 0.255. The zero-order chi connectivity index (χ0) is 12.7. The summed E-state index contributed by atoms with van der Waals surface area (Å²) < 4.78 is 19.5. The summed E-state index contributed by atoms with van der Waals surface area (Å²) >= 11 is 0. The second-order valence-corrected chi connectivity index (χ2v) is 4.55. The van der Waals surface area contributed by atoms with Crippen LogP contribution in [0.3, 0.4) is 0 Å². The highest BCUT2D eigenvalue weighted by Gasteiger charge is 2.15. The largest absolute Gasteiger partial charge is 0.372 e. The van der Waals surface area contributed by atoms with E-state index in [1.165, 1.54) is 6.07 Å². The average Bonchev–Trinajstić information content (AvgIpc) is 2.30. The molecule has 0 bridgehead atoms. The molecule has 0 heterocycles. The Morgan fingerprint density at radius 2 is 2.00 bits per heavy atom. The minimum Gasteiger partial charge on any atom is -0.372 e. The predicted octanol–water partition coefficient (Wildman–Crippen LogP) is 3.15. The summed E-state index contributed by atoms with van der Waals surface area (Å²) in [5.41, 5.74) is 0.633. The van der Waals surface area contributed by atoms with Gasteiger partial charge in [-0.1, -0.05) is 39.0 Å². The zero-order valence-corrected chi connectivity index (χ0v) is 10.9. The second kappa shape index (κ2) is 7.41. The molecule has 2 nitrogen and oxygen atoms in total. The molecule has 1 unspecified atom stereocenters. The summed E-state index contributed by atoms with van der Waals surface area (Å²) in [6, 6.07) is 6.81. The van der Waals surface area contributed by atoms with Gasteiger partial charge in [0.25, 0.3) is 0 Å².